The molecule has 6 fully saturated rings. The van der Waals surface area contributed by atoms with Crippen molar-refractivity contribution in [3.8, 4) is 33.6 Å². The van der Waals surface area contributed by atoms with Crippen molar-refractivity contribution in [2.24, 2.45) is 22.7 Å². The highest BCUT2D eigenvalue weighted by Crippen LogP contribution is 2.53. The van der Waals surface area contributed by atoms with Gasteiger partial charge in [0.1, 0.15) is 47.9 Å². The Morgan fingerprint density at radius 1 is 0.505 bits per heavy atom. The molecule has 484 valence electrons. The Labute approximate surface area is 538 Å². The maximum Gasteiger partial charge on any atom is 0.407 e. The van der Waals surface area contributed by atoms with E-state index in [0.717, 1.165) is 113 Å². The zero-order valence-electron chi connectivity index (χ0n) is 53.0. The lowest BCUT2D eigenvalue weighted by Crippen LogP contribution is -2.53. The third-order valence-corrected chi connectivity index (χ3v) is 19.5. The number of halogens is 1. The average Bonchev–Trinajstić information content (AvgIpc) is 1.62. The van der Waals surface area contributed by atoms with Crippen molar-refractivity contribution >= 4 is 63.2 Å². The standard InChI is InChI=1S/C45H55N7O8.C22H27BrN4O4/c1-26(2)37(49-42(55)57-5)40(53)51-35(22-44(59-51)17-7-18-44)33-21-32(24-46-33)30-11-9-28(10-12-30)29-13-15-31(16-14-29)34-25-47-39(48-34)36-23-45(19-8-20-45)60-52(36)41(54)38(27(3)4)50-43(56)58-6;1-13(2)18(26-21(29)30-3)20(28)27-17(11-22(31-27)9-4-10-22)19-24-12-16(25-19)14-5-7-15(23)8-6-14/h9-16,24-27,35-38H,7-8,17-23H2,1-6H3,(H,47,48)(H,49,55)(H,50,56);5-8,12-13,17-18H,4,9-11H2,1-3H3,(H,24,25)(H,26,29)/t35-,36-,37-,38-;17-,18-/m00/s1. The molecule has 6 heterocycles. The second kappa shape index (κ2) is 26.7. The minimum absolute atomic E-state index is 0.135. The molecule has 91 heavy (non-hydrogen) atoms. The van der Waals surface area contributed by atoms with E-state index in [1.54, 1.807) is 12.4 Å². The molecule has 0 unspecified atom stereocenters. The number of ether oxygens (including phenoxy) is 3. The molecule has 2 aromatic heterocycles. The molecule has 3 spiro atoms. The number of methoxy groups -OCH3 is 3. The number of carbonyl (C=O) groups excluding carboxylic acids is 6. The van der Waals surface area contributed by atoms with E-state index < -0.39 is 48.0 Å². The van der Waals surface area contributed by atoms with E-state index in [4.69, 9.17) is 38.7 Å². The number of benzene rings is 3. The molecule has 5 N–H and O–H groups in total. The molecule has 0 radical (unpaired) electrons. The highest BCUT2D eigenvalue weighted by Gasteiger charge is 2.57. The van der Waals surface area contributed by atoms with Crippen LogP contribution in [0.2, 0.25) is 0 Å². The number of H-pyrrole nitrogens is 2. The number of alkyl carbamates (subject to hydrolysis) is 3. The van der Waals surface area contributed by atoms with Crippen LogP contribution in [0.25, 0.3) is 39.2 Å². The Morgan fingerprint density at radius 2 is 0.835 bits per heavy atom. The summed E-state index contributed by atoms with van der Waals surface area (Å²) in [6.07, 6.45) is 14.5. The Balaban J connectivity index is 0.000000230. The van der Waals surface area contributed by atoms with Gasteiger partial charge in [0.2, 0.25) is 0 Å². The monoisotopic (exact) mass is 1310 g/mol. The summed E-state index contributed by atoms with van der Waals surface area (Å²) >= 11 is 3.45. The number of carbonyl (C=O) groups is 6. The van der Waals surface area contributed by atoms with Crippen molar-refractivity contribution in [3.05, 3.63) is 113 Å². The van der Waals surface area contributed by atoms with Crippen LogP contribution < -0.4 is 16.0 Å². The first kappa shape index (κ1) is 64.6. The fraction of sp³-hybridized carbons (Fsp3) is 0.507. The predicted molar refractivity (Wildman–Crippen MR) is 340 cm³/mol. The summed E-state index contributed by atoms with van der Waals surface area (Å²) in [5, 5.41) is 12.3. The third-order valence-electron chi connectivity index (χ3n) is 18.9. The van der Waals surface area contributed by atoms with Gasteiger partial charge >= 0.3 is 18.3 Å². The first-order valence-electron chi connectivity index (χ1n) is 31.6. The molecule has 6 amide bonds. The highest BCUT2D eigenvalue weighted by molar-refractivity contribution is 9.10. The molecule has 3 saturated carbocycles. The van der Waals surface area contributed by atoms with Gasteiger partial charge in [-0.1, -0.05) is 118 Å². The minimum atomic E-state index is -0.816. The summed E-state index contributed by atoms with van der Waals surface area (Å²) in [5.74, 6) is -0.102. The maximum absolute atomic E-state index is 13.9. The van der Waals surface area contributed by atoms with E-state index in [1.807, 2.05) is 84.1 Å². The van der Waals surface area contributed by atoms with Crippen LogP contribution in [-0.4, -0.2) is 139 Å². The number of nitrogens with one attached hydrogen (secondary N) is 5. The SMILES string of the molecule is COC(=O)N[C@H](C(=O)N1OC2(CCC2)C[C@H]1C1=NC=C(c2ccc(-c3ccc(-c4cnc([C@@H]5CC6(CCC6)ON5C(=O)[C@@H](NC(=O)OC)C(C)C)[nH]4)cc3)cc2)C1)C(C)C.COC(=O)N[C@H](C(=O)N1OC2(CCC2)C[C@H]1c1ncc(-c2ccc(Br)cc2)[nH]1)C(C)C. The number of allylic oxidation sites excluding steroid dienone is 1. The van der Waals surface area contributed by atoms with Crippen molar-refractivity contribution < 1.29 is 57.5 Å². The second-order valence-electron chi connectivity index (χ2n) is 26.1. The van der Waals surface area contributed by atoms with Crippen LogP contribution in [0.5, 0.6) is 0 Å². The Hall–Kier alpha value is -7.93. The molecule has 0 bridgehead atoms. The molecule has 3 saturated heterocycles. The van der Waals surface area contributed by atoms with Gasteiger partial charge in [-0.2, -0.15) is 0 Å². The lowest BCUT2D eigenvalue weighted by Gasteiger charge is -2.37. The average molecular weight is 1310 g/mol. The van der Waals surface area contributed by atoms with Gasteiger partial charge in [0, 0.05) is 42.1 Å². The predicted octanol–water partition coefficient (Wildman–Crippen LogP) is 11.6. The normalized spacial score (nSPS) is 21.7. The topological polar surface area (TPSA) is 273 Å². The zero-order valence-corrected chi connectivity index (χ0v) is 54.6. The lowest BCUT2D eigenvalue weighted by atomic mass is 9.76. The van der Waals surface area contributed by atoms with Crippen LogP contribution >= 0.6 is 15.9 Å². The molecule has 3 aromatic carbocycles. The van der Waals surface area contributed by atoms with Crippen LogP contribution in [0.15, 0.2) is 101 Å². The Kier molecular flexibility index (Phi) is 19.0. The van der Waals surface area contributed by atoms with E-state index in [-0.39, 0.29) is 58.8 Å². The molecular formula is C67H82BrN11O12. The van der Waals surface area contributed by atoms with Crippen LogP contribution in [0.3, 0.4) is 0 Å². The number of aromatic nitrogens is 4. The Bertz CT molecular complexity index is 3550. The molecule has 6 atom stereocenters. The summed E-state index contributed by atoms with van der Waals surface area (Å²) < 4.78 is 15.3. The largest absolute Gasteiger partial charge is 0.453 e. The number of nitrogens with zero attached hydrogens (tertiary/aromatic N) is 6. The maximum atomic E-state index is 13.9. The highest BCUT2D eigenvalue weighted by atomic mass is 79.9. The summed E-state index contributed by atoms with van der Waals surface area (Å²) in [6, 6.07) is 21.1. The van der Waals surface area contributed by atoms with Gasteiger partial charge < -0.3 is 40.1 Å². The van der Waals surface area contributed by atoms with Crippen molar-refractivity contribution in [3.63, 3.8) is 0 Å². The molecule has 24 heteroatoms. The number of rotatable bonds is 16. The van der Waals surface area contributed by atoms with Crippen LogP contribution in [0, 0.1) is 17.8 Å². The van der Waals surface area contributed by atoms with Crippen LogP contribution in [0.1, 0.15) is 154 Å². The third kappa shape index (κ3) is 13.5. The van der Waals surface area contributed by atoms with Crippen molar-refractivity contribution in [2.45, 2.75) is 178 Å². The number of amides is 6. The summed E-state index contributed by atoms with van der Waals surface area (Å²) in [7, 11) is 3.84. The second-order valence-corrected chi connectivity index (χ2v) is 27.0. The number of hydrogen-bond donors (Lipinski definition) is 5. The van der Waals surface area contributed by atoms with E-state index in [1.165, 1.54) is 36.5 Å². The first-order valence-corrected chi connectivity index (χ1v) is 32.4. The van der Waals surface area contributed by atoms with E-state index in [9.17, 15) is 28.8 Å². The molecule has 7 aliphatic rings. The van der Waals surface area contributed by atoms with Gasteiger partial charge in [0.15, 0.2) is 0 Å². The van der Waals surface area contributed by atoms with Crippen LogP contribution in [-0.2, 0) is 43.1 Å². The fourth-order valence-electron chi connectivity index (χ4n) is 13.1. The molecule has 5 aromatic rings. The van der Waals surface area contributed by atoms with Crippen molar-refractivity contribution in [2.75, 3.05) is 21.3 Å². The van der Waals surface area contributed by atoms with Gasteiger partial charge in [-0.15, -0.1) is 0 Å². The summed E-state index contributed by atoms with van der Waals surface area (Å²) in [6.45, 7) is 11.3. The zero-order chi connectivity index (χ0) is 64.5. The number of hydroxylamine groups is 6. The molecular weight excluding hydrogens is 1230 g/mol. The van der Waals surface area contributed by atoms with Crippen molar-refractivity contribution in [1.82, 2.24) is 51.1 Å². The first-order chi connectivity index (χ1) is 43.6. The minimum Gasteiger partial charge on any atom is -0.453 e. The molecule has 23 nitrogen and oxygen atoms in total. The van der Waals surface area contributed by atoms with E-state index >= 15 is 0 Å². The van der Waals surface area contributed by atoms with Gasteiger partial charge in [0.05, 0.1) is 61.9 Å². The van der Waals surface area contributed by atoms with Gasteiger partial charge in [-0.3, -0.25) is 33.9 Å². The number of aromatic amines is 2. The van der Waals surface area contributed by atoms with E-state index in [0.29, 0.717) is 37.3 Å². The molecule has 12 rings (SSSR count). The Morgan fingerprint density at radius 3 is 1.18 bits per heavy atom. The summed E-state index contributed by atoms with van der Waals surface area (Å²) in [5.41, 5.74) is 7.63. The van der Waals surface area contributed by atoms with Gasteiger partial charge in [-0.05, 0) is 121 Å². The molecule has 3 aliphatic carbocycles. The fourth-order valence-corrected chi connectivity index (χ4v) is 13.4. The van der Waals surface area contributed by atoms with Crippen molar-refractivity contribution in [1.29, 1.82) is 0 Å². The van der Waals surface area contributed by atoms with Gasteiger partial charge in [0.25, 0.3) is 17.7 Å². The number of hydrogen-bond acceptors (Lipinski definition) is 15. The smallest absolute Gasteiger partial charge is 0.407 e. The number of imidazole rings is 2. The summed E-state index contributed by atoms with van der Waals surface area (Å²) in [4.78, 5) is 117. The van der Waals surface area contributed by atoms with Crippen LogP contribution in [0.4, 0.5) is 14.4 Å². The lowest BCUT2D eigenvalue weighted by molar-refractivity contribution is -0.230. The van der Waals surface area contributed by atoms with E-state index in [2.05, 4.69) is 83.2 Å². The van der Waals surface area contributed by atoms with Gasteiger partial charge in [-0.25, -0.2) is 39.5 Å². The quantitative estimate of drug-likeness (QED) is 0.0575. The number of aliphatic imine (C=N–C) groups is 1. The molecule has 4 aliphatic heterocycles.